The summed E-state index contributed by atoms with van der Waals surface area (Å²) in [7, 11) is 0. The quantitative estimate of drug-likeness (QED) is 0.939. The van der Waals surface area contributed by atoms with Crippen molar-refractivity contribution in [3.8, 4) is 5.75 Å². The Labute approximate surface area is 138 Å². The lowest BCUT2D eigenvalue weighted by Gasteiger charge is -2.22. The average molecular weight is 324 g/mol. The van der Waals surface area contributed by atoms with Gasteiger partial charge < -0.3 is 9.94 Å². The van der Waals surface area contributed by atoms with Crippen molar-refractivity contribution in [1.29, 1.82) is 0 Å². The minimum absolute atomic E-state index is 0.00595. The van der Waals surface area contributed by atoms with E-state index in [1.807, 2.05) is 32.0 Å². The molecule has 3 rings (SSSR count). The smallest absolute Gasteiger partial charge is 0.368 e. The van der Waals surface area contributed by atoms with Crippen LogP contribution < -0.4 is 0 Å². The maximum Gasteiger partial charge on any atom is 0.368 e. The predicted molar refractivity (Wildman–Crippen MR) is 87.5 cm³/mol. The molecule has 0 amide bonds. The number of benzene rings is 2. The Bertz CT molecular complexity index is 845. The highest BCUT2D eigenvalue weighted by Crippen LogP contribution is 2.30. The molecule has 1 N–H and O–H groups in total. The summed E-state index contributed by atoms with van der Waals surface area (Å²) in [6.45, 7) is 3.84. The van der Waals surface area contributed by atoms with E-state index in [0.717, 1.165) is 22.5 Å². The maximum absolute atomic E-state index is 12.2. The monoisotopic (exact) mass is 324 g/mol. The fraction of sp³-hybridized carbons (Fsp3) is 0.167. The summed E-state index contributed by atoms with van der Waals surface area (Å²) < 4.78 is 0. The molecule has 122 valence electrons. The lowest BCUT2D eigenvalue weighted by Crippen LogP contribution is -2.28. The molecule has 6 nitrogen and oxygen atoms in total. The van der Waals surface area contributed by atoms with Crippen molar-refractivity contribution in [1.82, 2.24) is 5.17 Å². The second kappa shape index (κ2) is 6.16. The summed E-state index contributed by atoms with van der Waals surface area (Å²) >= 11 is 0. The van der Waals surface area contributed by atoms with E-state index in [-0.39, 0.29) is 17.1 Å². The number of nitrogens with zero attached hydrogens (tertiary/aromatic N) is 2. The van der Waals surface area contributed by atoms with Crippen LogP contribution in [0.4, 0.5) is 0 Å². The molecule has 0 saturated carbocycles. The Balaban J connectivity index is 1.87. The summed E-state index contributed by atoms with van der Waals surface area (Å²) in [5, 5.41) is 14.6. The van der Waals surface area contributed by atoms with Crippen LogP contribution in [0.25, 0.3) is 0 Å². The first-order valence-electron chi connectivity index (χ1n) is 7.42. The van der Waals surface area contributed by atoms with Gasteiger partial charge in [0.1, 0.15) is 11.3 Å². The average Bonchev–Trinajstić information content (AvgIpc) is 2.88. The number of Topliss-reactive ketones (excluding diaryl/α,β-unsaturated/α-hetero) is 1. The third-order valence-electron chi connectivity index (χ3n) is 3.81. The van der Waals surface area contributed by atoms with E-state index in [9.17, 15) is 14.7 Å². The second-order valence-electron chi connectivity index (χ2n) is 5.61. The predicted octanol–water partition coefficient (Wildman–Crippen LogP) is 2.69. The van der Waals surface area contributed by atoms with E-state index in [2.05, 4.69) is 5.10 Å². The highest BCUT2D eigenvalue weighted by Gasteiger charge is 2.35. The molecular weight excluding hydrogens is 308 g/mol. The maximum atomic E-state index is 12.2. The molecule has 1 atom stereocenters. The topological polar surface area (TPSA) is 79.2 Å². The van der Waals surface area contributed by atoms with Gasteiger partial charge in [-0.2, -0.15) is 0 Å². The summed E-state index contributed by atoms with van der Waals surface area (Å²) in [4.78, 5) is 29.6. The van der Waals surface area contributed by atoms with Crippen LogP contribution in [0.1, 0.15) is 33.1 Å². The molecule has 0 spiro atoms. The Morgan fingerprint density at radius 3 is 2.67 bits per heavy atom. The lowest BCUT2D eigenvalue weighted by molar-refractivity contribution is -0.146. The number of carbonyl (C=O) groups is 2. The Hall–Kier alpha value is -3.15. The van der Waals surface area contributed by atoms with Crippen LogP contribution in [0.2, 0.25) is 0 Å². The molecule has 1 aliphatic rings. The number of hydrogen-bond donors (Lipinski definition) is 1. The van der Waals surface area contributed by atoms with Crippen molar-refractivity contribution in [2.24, 2.45) is 5.10 Å². The number of carbonyl (C=O) groups excluding carboxylic acids is 2. The van der Waals surface area contributed by atoms with Crippen molar-refractivity contribution in [2.45, 2.75) is 19.9 Å². The Morgan fingerprint density at radius 1 is 1.21 bits per heavy atom. The SMILES string of the molecule is Cc1ccc(C2C(=O)C=NN2OC(=O)c2ccccc2O)c(C)c1. The summed E-state index contributed by atoms with van der Waals surface area (Å²) in [6, 6.07) is 10.9. The van der Waals surface area contributed by atoms with Crippen LogP contribution in [-0.4, -0.2) is 28.2 Å². The molecule has 0 fully saturated rings. The third-order valence-corrected chi connectivity index (χ3v) is 3.81. The van der Waals surface area contributed by atoms with Gasteiger partial charge in [-0.1, -0.05) is 35.9 Å². The fourth-order valence-electron chi connectivity index (χ4n) is 2.62. The third kappa shape index (κ3) is 2.86. The summed E-state index contributed by atoms with van der Waals surface area (Å²) in [5.74, 6) is -1.25. The fourth-order valence-corrected chi connectivity index (χ4v) is 2.62. The van der Waals surface area contributed by atoms with Gasteiger partial charge in [0.25, 0.3) is 0 Å². The zero-order valence-corrected chi connectivity index (χ0v) is 13.3. The number of aryl methyl sites for hydroxylation is 2. The molecule has 6 heteroatoms. The standard InChI is InChI=1S/C18H16N2O4/c1-11-7-8-13(12(2)9-11)17-16(22)10-19-20(17)24-18(23)14-5-3-4-6-15(14)21/h3-10,17,21H,1-2H3. The molecule has 24 heavy (non-hydrogen) atoms. The number of hydrogen-bond acceptors (Lipinski definition) is 6. The molecule has 0 aliphatic carbocycles. The van der Waals surface area contributed by atoms with Gasteiger partial charge in [-0.15, -0.1) is 10.3 Å². The van der Waals surface area contributed by atoms with E-state index in [1.54, 1.807) is 12.1 Å². The lowest BCUT2D eigenvalue weighted by atomic mass is 9.97. The summed E-state index contributed by atoms with van der Waals surface area (Å²) in [6.07, 6.45) is 1.13. The van der Waals surface area contributed by atoms with Crippen molar-refractivity contribution in [3.05, 3.63) is 64.7 Å². The second-order valence-corrected chi connectivity index (χ2v) is 5.61. The first kappa shape index (κ1) is 15.7. The van der Waals surface area contributed by atoms with E-state index in [1.165, 1.54) is 12.1 Å². The molecule has 2 aromatic carbocycles. The van der Waals surface area contributed by atoms with Crippen LogP contribution in [0.15, 0.2) is 47.6 Å². The zero-order valence-electron chi connectivity index (χ0n) is 13.3. The van der Waals surface area contributed by atoms with Gasteiger partial charge in [0.15, 0.2) is 6.04 Å². The molecule has 0 bridgehead atoms. The minimum atomic E-state index is -0.819. The highest BCUT2D eigenvalue weighted by atomic mass is 16.7. The van der Waals surface area contributed by atoms with Crippen LogP contribution in [-0.2, 0) is 9.63 Å². The normalized spacial score (nSPS) is 16.5. The van der Waals surface area contributed by atoms with Gasteiger partial charge in [0.2, 0.25) is 5.78 Å². The van der Waals surface area contributed by atoms with Crippen LogP contribution >= 0.6 is 0 Å². The molecule has 0 saturated heterocycles. The molecule has 1 aliphatic heterocycles. The van der Waals surface area contributed by atoms with Gasteiger partial charge >= 0.3 is 5.97 Å². The first-order chi connectivity index (χ1) is 11.5. The van der Waals surface area contributed by atoms with Gasteiger partial charge in [-0.05, 0) is 37.1 Å². The van der Waals surface area contributed by atoms with Gasteiger partial charge in [-0.3, -0.25) is 4.79 Å². The Morgan fingerprint density at radius 2 is 1.96 bits per heavy atom. The first-order valence-corrected chi connectivity index (χ1v) is 7.42. The molecule has 0 radical (unpaired) electrons. The zero-order chi connectivity index (χ0) is 17.3. The number of para-hydroxylation sites is 1. The Kier molecular flexibility index (Phi) is 4.04. The van der Waals surface area contributed by atoms with E-state index >= 15 is 0 Å². The van der Waals surface area contributed by atoms with Crippen molar-refractivity contribution < 1.29 is 19.5 Å². The number of hydroxylamine groups is 1. The highest BCUT2D eigenvalue weighted by molar-refractivity contribution is 6.31. The molecule has 2 aromatic rings. The van der Waals surface area contributed by atoms with Crippen molar-refractivity contribution in [3.63, 3.8) is 0 Å². The number of aromatic hydroxyl groups is 1. The molecule has 0 aromatic heterocycles. The molecular formula is C18H16N2O4. The number of phenols is 1. The van der Waals surface area contributed by atoms with Gasteiger partial charge in [-0.25, -0.2) is 4.79 Å². The number of hydrazone groups is 1. The largest absolute Gasteiger partial charge is 0.507 e. The van der Waals surface area contributed by atoms with E-state index in [4.69, 9.17) is 4.84 Å². The van der Waals surface area contributed by atoms with Gasteiger partial charge in [0.05, 0.1) is 6.21 Å². The number of rotatable bonds is 3. The van der Waals surface area contributed by atoms with Crippen LogP contribution in [0, 0.1) is 13.8 Å². The number of phenolic OH excluding ortho intramolecular Hbond substituents is 1. The van der Waals surface area contributed by atoms with Crippen molar-refractivity contribution >= 4 is 18.0 Å². The van der Waals surface area contributed by atoms with E-state index in [0.29, 0.717) is 5.56 Å². The summed E-state index contributed by atoms with van der Waals surface area (Å²) in [5.41, 5.74) is 2.70. The molecule has 1 heterocycles. The molecule has 1 unspecified atom stereocenters. The van der Waals surface area contributed by atoms with Crippen molar-refractivity contribution in [2.75, 3.05) is 0 Å². The van der Waals surface area contributed by atoms with Crippen LogP contribution in [0.5, 0.6) is 5.75 Å². The van der Waals surface area contributed by atoms with Crippen LogP contribution in [0.3, 0.4) is 0 Å². The number of ketones is 1. The van der Waals surface area contributed by atoms with E-state index < -0.39 is 12.0 Å². The minimum Gasteiger partial charge on any atom is -0.507 e. The van der Waals surface area contributed by atoms with Gasteiger partial charge in [0, 0.05) is 0 Å².